The SMILES string of the molecule is O=COCC(c1ccc(C(F)(F)F)cc1)c1cscn1. The smallest absolute Gasteiger partial charge is 0.416 e. The summed E-state index contributed by atoms with van der Waals surface area (Å²) in [6.45, 7) is 0.349. The van der Waals surface area contributed by atoms with Crippen molar-refractivity contribution in [2.24, 2.45) is 0 Å². The maximum Gasteiger partial charge on any atom is 0.416 e. The molecule has 0 amide bonds. The van der Waals surface area contributed by atoms with Crippen LogP contribution in [0.2, 0.25) is 0 Å². The number of nitrogens with zero attached hydrogens (tertiary/aromatic N) is 1. The molecule has 2 rings (SSSR count). The summed E-state index contributed by atoms with van der Waals surface area (Å²) in [6.07, 6.45) is -4.37. The number of hydrogen-bond acceptors (Lipinski definition) is 4. The number of thiazole rings is 1. The van der Waals surface area contributed by atoms with Gasteiger partial charge in [-0.15, -0.1) is 11.3 Å². The van der Waals surface area contributed by atoms with Gasteiger partial charge in [-0.25, -0.2) is 4.98 Å². The van der Waals surface area contributed by atoms with Crippen molar-refractivity contribution >= 4 is 17.8 Å². The van der Waals surface area contributed by atoms with E-state index in [-0.39, 0.29) is 12.5 Å². The van der Waals surface area contributed by atoms with Crippen molar-refractivity contribution in [1.82, 2.24) is 4.98 Å². The number of benzene rings is 1. The van der Waals surface area contributed by atoms with E-state index < -0.39 is 11.7 Å². The minimum absolute atomic E-state index is 0.0403. The Hall–Kier alpha value is -1.89. The molecule has 0 aliphatic rings. The third kappa shape index (κ3) is 3.36. The highest BCUT2D eigenvalue weighted by atomic mass is 32.1. The Bertz CT molecular complexity index is 552. The first-order valence-electron chi connectivity index (χ1n) is 5.63. The Morgan fingerprint density at radius 2 is 2.00 bits per heavy atom. The zero-order chi connectivity index (χ0) is 14.6. The van der Waals surface area contributed by atoms with Crippen LogP contribution in [-0.2, 0) is 15.7 Å². The normalized spacial score (nSPS) is 12.9. The zero-order valence-electron chi connectivity index (χ0n) is 10.1. The Morgan fingerprint density at radius 3 is 2.50 bits per heavy atom. The molecule has 106 valence electrons. The Morgan fingerprint density at radius 1 is 1.30 bits per heavy atom. The van der Waals surface area contributed by atoms with Crippen molar-refractivity contribution in [3.63, 3.8) is 0 Å². The number of rotatable bonds is 5. The van der Waals surface area contributed by atoms with Gasteiger partial charge in [0.25, 0.3) is 6.47 Å². The van der Waals surface area contributed by atoms with Crippen molar-refractivity contribution in [3.05, 3.63) is 52.0 Å². The molecule has 0 saturated heterocycles. The highest BCUT2D eigenvalue weighted by Crippen LogP contribution is 2.31. The number of alkyl halides is 3. The van der Waals surface area contributed by atoms with Crippen molar-refractivity contribution < 1.29 is 22.7 Å². The van der Waals surface area contributed by atoms with Gasteiger partial charge in [0.1, 0.15) is 6.61 Å². The molecule has 0 aliphatic heterocycles. The summed E-state index contributed by atoms with van der Waals surface area (Å²) >= 11 is 1.37. The average Bonchev–Trinajstić information content (AvgIpc) is 2.93. The molecule has 0 radical (unpaired) electrons. The Labute approximate surface area is 117 Å². The molecule has 7 heteroatoms. The largest absolute Gasteiger partial charge is 0.467 e. The number of aromatic nitrogens is 1. The van der Waals surface area contributed by atoms with E-state index in [9.17, 15) is 18.0 Å². The summed E-state index contributed by atoms with van der Waals surface area (Å²) < 4.78 is 42.3. The first kappa shape index (κ1) is 14.5. The molecular weight excluding hydrogens is 291 g/mol. The van der Waals surface area contributed by atoms with Crippen LogP contribution in [0.1, 0.15) is 22.7 Å². The number of halogens is 3. The third-order valence-corrected chi connectivity index (χ3v) is 3.38. The van der Waals surface area contributed by atoms with E-state index in [2.05, 4.69) is 4.98 Å². The van der Waals surface area contributed by atoms with Crippen molar-refractivity contribution in [1.29, 1.82) is 0 Å². The van der Waals surface area contributed by atoms with Crippen LogP contribution in [0, 0.1) is 0 Å². The molecule has 1 unspecified atom stereocenters. The summed E-state index contributed by atoms with van der Waals surface area (Å²) in [7, 11) is 0. The molecule has 20 heavy (non-hydrogen) atoms. The summed E-state index contributed by atoms with van der Waals surface area (Å²) in [5.74, 6) is -0.367. The van der Waals surface area contributed by atoms with E-state index in [4.69, 9.17) is 4.74 Å². The van der Waals surface area contributed by atoms with Crippen LogP contribution in [0.5, 0.6) is 0 Å². The summed E-state index contributed by atoms with van der Waals surface area (Å²) in [6, 6.07) is 4.77. The van der Waals surface area contributed by atoms with E-state index >= 15 is 0 Å². The number of carbonyl (C=O) groups excluding carboxylic acids is 1. The first-order chi connectivity index (χ1) is 9.52. The molecule has 1 aromatic heterocycles. The van der Waals surface area contributed by atoms with Gasteiger partial charge in [0.15, 0.2) is 0 Å². The third-order valence-electron chi connectivity index (χ3n) is 2.78. The topological polar surface area (TPSA) is 39.2 Å². The molecule has 3 nitrogen and oxygen atoms in total. The fourth-order valence-corrected chi connectivity index (χ4v) is 2.39. The van der Waals surface area contributed by atoms with Crippen LogP contribution in [0.15, 0.2) is 35.2 Å². The fourth-order valence-electron chi connectivity index (χ4n) is 1.79. The van der Waals surface area contributed by atoms with Gasteiger partial charge in [0.2, 0.25) is 0 Å². The lowest BCUT2D eigenvalue weighted by Gasteiger charge is -2.15. The van der Waals surface area contributed by atoms with Crippen LogP contribution in [-0.4, -0.2) is 18.1 Å². The van der Waals surface area contributed by atoms with Crippen LogP contribution < -0.4 is 0 Å². The van der Waals surface area contributed by atoms with Gasteiger partial charge in [-0.3, -0.25) is 4.79 Å². The van der Waals surface area contributed by atoms with E-state index in [1.807, 2.05) is 0 Å². The van der Waals surface area contributed by atoms with Crippen LogP contribution >= 0.6 is 11.3 Å². The highest BCUT2D eigenvalue weighted by molar-refractivity contribution is 7.07. The average molecular weight is 301 g/mol. The first-order valence-corrected chi connectivity index (χ1v) is 6.57. The predicted molar refractivity (Wildman–Crippen MR) is 67.4 cm³/mol. The summed E-state index contributed by atoms with van der Waals surface area (Å²) in [4.78, 5) is 14.4. The van der Waals surface area contributed by atoms with Gasteiger partial charge >= 0.3 is 6.18 Å². The fraction of sp³-hybridized carbons (Fsp3) is 0.231. The van der Waals surface area contributed by atoms with Gasteiger partial charge in [-0.2, -0.15) is 13.2 Å². The molecule has 0 aliphatic carbocycles. The van der Waals surface area contributed by atoms with Crippen molar-refractivity contribution in [3.8, 4) is 0 Å². The van der Waals surface area contributed by atoms with Gasteiger partial charge in [0, 0.05) is 5.38 Å². The Kier molecular flexibility index (Phi) is 4.39. The molecular formula is C13H10F3NO2S. The predicted octanol–water partition coefficient (Wildman–Crippen LogP) is 3.47. The molecule has 1 aromatic carbocycles. The molecule has 0 N–H and O–H groups in total. The van der Waals surface area contributed by atoms with Gasteiger partial charge < -0.3 is 4.74 Å². The molecule has 2 aromatic rings. The van der Waals surface area contributed by atoms with Gasteiger partial charge in [-0.1, -0.05) is 12.1 Å². The second kappa shape index (κ2) is 6.04. The molecule has 0 spiro atoms. The minimum Gasteiger partial charge on any atom is -0.467 e. The van der Waals surface area contributed by atoms with Crippen molar-refractivity contribution in [2.75, 3.05) is 6.61 Å². The van der Waals surface area contributed by atoms with Gasteiger partial charge in [0.05, 0.1) is 22.7 Å². The van der Waals surface area contributed by atoms with E-state index in [1.54, 1.807) is 10.9 Å². The lowest BCUT2D eigenvalue weighted by Crippen LogP contribution is -2.11. The van der Waals surface area contributed by atoms with E-state index in [0.717, 1.165) is 12.1 Å². The zero-order valence-corrected chi connectivity index (χ0v) is 10.9. The van der Waals surface area contributed by atoms with Crippen LogP contribution in [0.3, 0.4) is 0 Å². The minimum atomic E-state index is -4.37. The second-order valence-corrected chi connectivity index (χ2v) is 4.73. The maximum atomic E-state index is 12.5. The molecule has 0 bridgehead atoms. The molecule has 1 atom stereocenters. The standard InChI is InChI=1S/C13H10F3NO2S/c14-13(15,16)10-3-1-9(2-4-10)11(5-19-8-18)12-6-20-7-17-12/h1-4,6-8,11H,5H2. The number of ether oxygens (including phenoxy) is 1. The van der Waals surface area contributed by atoms with Crippen LogP contribution in [0.4, 0.5) is 13.2 Å². The van der Waals surface area contributed by atoms with Gasteiger partial charge in [-0.05, 0) is 17.7 Å². The molecule has 0 fully saturated rings. The quantitative estimate of drug-likeness (QED) is 0.794. The summed E-state index contributed by atoms with van der Waals surface area (Å²) in [5, 5.41) is 1.77. The van der Waals surface area contributed by atoms with E-state index in [1.165, 1.54) is 23.5 Å². The maximum absolute atomic E-state index is 12.5. The monoisotopic (exact) mass is 301 g/mol. The lowest BCUT2D eigenvalue weighted by molar-refractivity contribution is -0.137. The Balaban J connectivity index is 2.27. The number of hydrogen-bond donors (Lipinski definition) is 0. The lowest BCUT2D eigenvalue weighted by atomic mass is 9.96. The van der Waals surface area contributed by atoms with E-state index in [0.29, 0.717) is 17.7 Å². The van der Waals surface area contributed by atoms with Crippen molar-refractivity contribution in [2.45, 2.75) is 12.1 Å². The summed E-state index contributed by atoms with van der Waals surface area (Å²) in [5.41, 5.74) is 2.18. The molecule has 1 heterocycles. The highest BCUT2D eigenvalue weighted by Gasteiger charge is 2.30. The number of carbonyl (C=O) groups is 1. The second-order valence-electron chi connectivity index (χ2n) is 4.02. The van der Waals surface area contributed by atoms with Crippen LogP contribution in [0.25, 0.3) is 0 Å². The molecule has 0 saturated carbocycles.